The van der Waals surface area contributed by atoms with Gasteiger partial charge in [0.05, 0.1) is 28.7 Å². The van der Waals surface area contributed by atoms with Crippen LogP contribution in [0, 0.1) is 11.3 Å². The van der Waals surface area contributed by atoms with Crippen molar-refractivity contribution in [2.24, 2.45) is 20.9 Å². The molecule has 16 heteroatoms. The first-order chi connectivity index (χ1) is 20.8. The summed E-state index contributed by atoms with van der Waals surface area (Å²) in [6, 6.07) is 1.77. The van der Waals surface area contributed by atoms with Crippen molar-refractivity contribution in [3.8, 4) is 0 Å². The number of aromatic nitrogens is 5. The van der Waals surface area contributed by atoms with Crippen LogP contribution in [0.3, 0.4) is 0 Å². The Morgan fingerprint density at radius 3 is 1.95 bits per heavy atom. The average Bonchev–Trinajstić information content (AvgIpc) is 3.66. The van der Waals surface area contributed by atoms with Gasteiger partial charge in [-0.25, -0.2) is 9.97 Å². The molecular weight excluding hydrogens is 564 g/mol. The molecule has 11 N–H and O–H groups in total. The molecule has 228 valence electrons. The molecule has 7 heterocycles. The molecule has 0 aliphatic carbocycles. The number of hydrogen-bond donors (Lipinski definition) is 7. The molecule has 0 fully saturated rings. The van der Waals surface area contributed by atoms with Crippen molar-refractivity contribution < 1.29 is 4.79 Å². The highest BCUT2D eigenvalue weighted by atomic mass is 16.2. The zero-order valence-electron chi connectivity index (χ0n) is 24.6. The van der Waals surface area contributed by atoms with Gasteiger partial charge >= 0.3 is 0 Å². The fraction of sp³-hybridized carbons (Fsp3) is 0.286. The topological polar surface area (TPSA) is 279 Å². The lowest BCUT2D eigenvalue weighted by Crippen LogP contribution is -2.35. The van der Waals surface area contributed by atoms with Gasteiger partial charge in [-0.1, -0.05) is 33.8 Å². The Labute approximate surface area is 252 Å². The Hall–Kier alpha value is -5.80. The third kappa shape index (κ3) is 6.97. The molecule has 1 amide bonds. The van der Waals surface area contributed by atoms with Crippen molar-refractivity contribution in [2.75, 3.05) is 22.9 Å². The van der Waals surface area contributed by atoms with Gasteiger partial charge in [0.15, 0.2) is 5.82 Å². The number of aliphatic imine (C=N–C) groups is 3. The Bertz CT molecular complexity index is 1770. The molecular formula is C28H34N14O2. The normalized spacial score (nSPS) is 21.1. The molecule has 3 aromatic heterocycles. The quantitative estimate of drug-likeness (QED) is 0.198. The molecule has 4 unspecified atom stereocenters. The van der Waals surface area contributed by atoms with Crippen molar-refractivity contribution in [3.63, 3.8) is 0 Å². The largest absolute Gasteiger partial charge is 0.397 e. The molecule has 4 aliphatic rings. The van der Waals surface area contributed by atoms with Crippen LogP contribution in [-0.4, -0.2) is 55.3 Å². The first kappa shape index (κ1) is 31.1. The zero-order valence-corrected chi connectivity index (χ0v) is 24.6. The molecule has 7 rings (SSSR count). The molecule has 0 bridgehead atoms. The minimum atomic E-state index is -0.266. The Kier molecular flexibility index (Phi) is 9.21. The number of pyridine rings is 1. The second-order valence-electron chi connectivity index (χ2n) is 10.3. The third-order valence-corrected chi connectivity index (χ3v) is 6.68. The van der Waals surface area contributed by atoms with Crippen molar-refractivity contribution in [1.82, 2.24) is 30.2 Å². The summed E-state index contributed by atoms with van der Waals surface area (Å²) in [5, 5.41) is 9.38. The van der Waals surface area contributed by atoms with E-state index in [1.165, 1.54) is 0 Å². The monoisotopic (exact) mass is 598 g/mol. The van der Waals surface area contributed by atoms with Gasteiger partial charge in [-0.05, 0) is 12.1 Å². The van der Waals surface area contributed by atoms with E-state index in [2.05, 4.69) is 52.1 Å². The van der Waals surface area contributed by atoms with Crippen LogP contribution in [0.2, 0.25) is 0 Å². The maximum absolute atomic E-state index is 11.2. The number of carbonyl (C=O) groups excluding carboxylic acids is 1. The van der Waals surface area contributed by atoms with Gasteiger partial charge in [-0.15, -0.1) is 0 Å². The highest BCUT2D eigenvalue weighted by Crippen LogP contribution is 2.35. The summed E-state index contributed by atoms with van der Waals surface area (Å²) >= 11 is 0. The van der Waals surface area contributed by atoms with Crippen LogP contribution in [0.15, 0.2) is 44.2 Å². The lowest BCUT2D eigenvalue weighted by Gasteiger charge is -2.11. The molecule has 3 aromatic rings. The second-order valence-corrected chi connectivity index (χ2v) is 10.3. The number of anilines is 4. The van der Waals surface area contributed by atoms with Gasteiger partial charge in [0.1, 0.15) is 22.9 Å². The number of carbonyl (C=O) groups is 1. The third-order valence-electron chi connectivity index (χ3n) is 6.68. The minimum Gasteiger partial charge on any atom is -0.397 e. The van der Waals surface area contributed by atoms with Crippen LogP contribution in [0.25, 0.3) is 0 Å². The zero-order chi connectivity index (χ0) is 32.1. The van der Waals surface area contributed by atoms with Crippen LogP contribution in [0.4, 0.5) is 40.5 Å². The Balaban J connectivity index is 0.000000135. The summed E-state index contributed by atoms with van der Waals surface area (Å²) in [6.45, 7) is 7.75. The standard InChI is InChI=1S/C8H9N3.C7H9N5.C7H8N4O.C6H8N2O/c1-5-4-11-8-6(9)2-3-10-7(5)8;1-3-2-10-5-4(3)11-7(9)12-6(5)8;1-3-2-9-5-4(3)10-7(8)11-6(5)12;1-4-2-3-5(7)8-6(4)9/h2-5H,1H3,(H2,9,10);2-3H,1H3,(H4,8,9,11,12);2-3H,1H3,(H3,8,10,11,12);2-4H,1H3,(H2,7,8,9). The predicted molar refractivity (Wildman–Crippen MR) is 173 cm³/mol. The van der Waals surface area contributed by atoms with Crippen LogP contribution in [0.5, 0.6) is 0 Å². The van der Waals surface area contributed by atoms with E-state index in [1.807, 2.05) is 20.1 Å². The maximum Gasteiger partial charge on any atom is 0.278 e. The van der Waals surface area contributed by atoms with E-state index in [4.69, 9.17) is 28.3 Å². The van der Waals surface area contributed by atoms with E-state index < -0.39 is 0 Å². The summed E-state index contributed by atoms with van der Waals surface area (Å²) < 4.78 is 0. The Morgan fingerprint density at radius 1 is 0.750 bits per heavy atom. The van der Waals surface area contributed by atoms with Crippen molar-refractivity contribution in [2.45, 2.75) is 45.4 Å². The van der Waals surface area contributed by atoms with E-state index >= 15 is 0 Å². The number of fused-ring (bicyclic) bond motifs is 3. The molecule has 0 saturated heterocycles. The lowest BCUT2D eigenvalue weighted by molar-refractivity contribution is -0.121. The van der Waals surface area contributed by atoms with Gasteiger partial charge in [-0.3, -0.25) is 39.9 Å². The highest BCUT2D eigenvalue weighted by molar-refractivity contribution is 6.06. The molecule has 0 aromatic carbocycles. The number of nitrogens with two attached hydrogens (primary N) is 4. The van der Waals surface area contributed by atoms with Crippen LogP contribution >= 0.6 is 0 Å². The fourth-order valence-corrected chi connectivity index (χ4v) is 4.25. The van der Waals surface area contributed by atoms with Gasteiger partial charge in [0.25, 0.3) is 5.56 Å². The number of amides is 1. The first-order valence-electron chi connectivity index (χ1n) is 13.6. The van der Waals surface area contributed by atoms with Crippen molar-refractivity contribution >= 4 is 70.9 Å². The summed E-state index contributed by atoms with van der Waals surface area (Å²) in [7, 11) is 0. The van der Waals surface area contributed by atoms with Crippen molar-refractivity contribution in [1.29, 1.82) is 5.41 Å². The van der Waals surface area contributed by atoms with Crippen molar-refractivity contribution in [3.05, 3.63) is 51.9 Å². The van der Waals surface area contributed by atoms with Crippen LogP contribution < -0.4 is 33.8 Å². The molecule has 44 heavy (non-hydrogen) atoms. The van der Waals surface area contributed by atoms with Crippen LogP contribution in [-0.2, 0) is 4.79 Å². The van der Waals surface area contributed by atoms with E-state index in [0.29, 0.717) is 28.8 Å². The molecule has 4 atom stereocenters. The van der Waals surface area contributed by atoms with E-state index in [-0.39, 0.29) is 47.0 Å². The maximum atomic E-state index is 11.2. The van der Waals surface area contributed by atoms with Gasteiger partial charge in [-0.2, -0.15) is 4.98 Å². The smallest absolute Gasteiger partial charge is 0.278 e. The molecule has 0 radical (unpaired) electrons. The second kappa shape index (κ2) is 13.0. The minimum absolute atomic E-state index is 0.0842. The average molecular weight is 599 g/mol. The summed E-state index contributed by atoms with van der Waals surface area (Å²) in [5.41, 5.74) is 26.9. The van der Waals surface area contributed by atoms with Gasteiger partial charge < -0.3 is 28.3 Å². The van der Waals surface area contributed by atoms with E-state index in [0.717, 1.165) is 22.8 Å². The lowest BCUT2D eigenvalue weighted by atomic mass is 10.1. The number of nitrogen functional groups attached to an aromatic ring is 4. The molecule has 0 saturated carbocycles. The Morgan fingerprint density at radius 2 is 1.34 bits per heavy atom. The van der Waals surface area contributed by atoms with Gasteiger partial charge in [0.2, 0.25) is 17.8 Å². The first-order valence-corrected chi connectivity index (χ1v) is 13.6. The number of rotatable bonds is 0. The number of H-pyrrole nitrogens is 1. The summed E-state index contributed by atoms with van der Waals surface area (Å²) in [5.74, 6) is 1.31. The van der Waals surface area contributed by atoms with Crippen LogP contribution in [0.1, 0.15) is 62.5 Å². The summed E-state index contributed by atoms with van der Waals surface area (Å²) in [6.07, 6.45) is 10.4. The number of aromatic amines is 1. The SMILES string of the molecule is CC1C=CC(=N)NC1=O.CC1C=Nc2c(N)ccnc21.CC1C=Nc2c(N)nc(N)nc21.CC1C=Nc2c1nc(N)[nH]c2=O. The number of nitrogens with one attached hydrogen (secondary N) is 3. The predicted octanol–water partition coefficient (Wildman–Crippen LogP) is 2.40. The number of nitrogens with zero attached hydrogens (tertiary/aromatic N) is 7. The number of amidine groups is 1. The van der Waals surface area contributed by atoms with E-state index in [1.54, 1.807) is 43.8 Å². The molecule has 4 aliphatic heterocycles. The molecule has 16 nitrogen and oxygen atoms in total. The molecule has 0 spiro atoms. The van der Waals surface area contributed by atoms with Gasteiger partial charge in [0, 0.05) is 42.6 Å². The van der Waals surface area contributed by atoms with E-state index in [9.17, 15) is 9.59 Å². The summed E-state index contributed by atoms with van der Waals surface area (Å²) in [4.78, 5) is 52.5. The fourth-order valence-electron chi connectivity index (χ4n) is 4.25. The number of hydrogen-bond acceptors (Lipinski definition) is 14. The highest BCUT2D eigenvalue weighted by Gasteiger charge is 2.21.